The molecule has 1 aliphatic heterocycles. The van der Waals surface area contributed by atoms with E-state index in [0.717, 1.165) is 43.9 Å². The minimum Gasteiger partial charge on any atom is -0.293 e. The lowest BCUT2D eigenvalue weighted by atomic mass is 9.54. The van der Waals surface area contributed by atoms with Gasteiger partial charge in [-0.3, -0.25) is 15.0 Å². The van der Waals surface area contributed by atoms with E-state index >= 15 is 0 Å². The molecule has 0 bridgehead atoms. The smallest absolute Gasteiger partial charge is 0.213 e. The lowest BCUT2D eigenvalue weighted by Gasteiger charge is -2.55. The van der Waals surface area contributed by atoms with Gasteiger partial charge in [0.15, 0.2) is 0 Å². The highest BCUT2D eigenvalue weighted by molar-refractivity contribution is 5.37. The zero-order chi connectivity index (χ0) is 35.8. The van der Waals surface area contributed by atoms with Crippen molar-refractivity contribution < 1.29 is 4.92 Å². The van der Waals surface area contributed by atoms with Crippen LogP contribution >= 0.6 is 0 Å². The summed E-state index contributed by atoms with van der Waals surface area (Å²) in [6, 6.07) is 0.383. The molecule has 6 atom stereocenters. The zero-order valence-electron chi connectivity index (χ0n) is 34.2. The Balaban J connectivity index is 1.54. The van der Waals surface area contributed by atoms with Gasteiger partial charge in [0.25, 0.3) is 0 Å². The highest BCUT2D eigenvalue weighted by atomic mass is 16.6. The molecular weight excluding hydrogens is 613 g/mol. The second-order valence-corrected chi connectivity index (χ2v) is 18.8. The number of allylic oxidation sites excluding steroid dienone is 1. The average molecular weight is 697 g/mol. The van der Waals surface area contributed by atoms with Gasteiger partial charge in [0.2, 0.25) is 6.04 Å². The molecule has 0 aromatic rings. The maximum absolute atomic E-state index is 11.8. The van der Waals surface area contributed by atoms with E-state index in [1.807, 2.05) is 0 Å². The lowest BCUT2D eigenvalue weighted by molar-refractivity contribution is -0.524. The largest absolute Gasteiger partial charge is 0.293 e. The Bertz CT molecular complexity index is 1000. The van der Waals surface area contributed by atoms with Crippen LogP contribution in [0.25, 0.3) is 0 Å². The predicted octanol–water partition coefficient (Wildman–Crippen LogP) is 14.4. The van der Waals surface area contributed by atoms with Gasteiger partial charge in [-0.2, -0.15) is 0 Å². The number of fused-ring (bicyclic) bond motifs is 2. The molecule has 290 valence electrons. The van der Waals surface area contributed by atoms with Crippen LogP contribution < -0.4 is 0 Å². The second-order valence-electron chi connectivity index (χ2n) is 18.8. The summed E-state index contributed by atoms with van der Waals surface area (Å²) < 4.78 is 0. The molecule has 0 aromatic heterocycles. The van der Waals surface area contributed by atoms with E-state index in [1.165, 1.54) is 173 Å². The third kappa shape index (κ3) is 11.1. The maximum Gasteiger partial charge on any atom is 0.213 e. The van der Waals surface area contributed by atoms with Crippen LogP contribution in [0.3, 0.4) is 0 Å². The molecule has 4 nitrogen and oxygen atoms in total. The number of hydrogen-bond donors (Lipinski definition) is 0. The van der Waals surface area contributed by atoms with Crippen molar-refractivity contribution in [1.82, 2.24) is 4.90 Å². The molecule has 1 saturated heterocycles. The summed E-state index contributed by atoms with van der Waals surface area (Å²) >= 11 is 0. The molecular formula is C46H84N2O2. The summed E-state index contributed by atoms with van der Waals surface area (Å²) in [6.45, 7) is 10.5. The van der Waals surface area contributed by atoms with Gasteiger partial charge in [0.1, 0.15) is 0 Å². The molecule has 0 radical (unpaired) electrons. The van der Waals surface area contributed by atoms with E-state index in [2.05, 4.69) is 39.6 Å². The standard InChI is InChI=1S/C46H84N2O2/c1-38-39(2)46(37-40-31-25-20-16-15-17-21-26-32-41(48(49)50)33-27-24-28-34-42(38)40)45(3,4)43-35-29-22-18-13-11-9-7-6-8-10-12-14-19-23-30-36-44(43)47(46)5/h40-44H,6-37H2,1-5H3. The molecule has 6 unspecified atom stereocenters. The number of nitrogens with zero attached hydrogens (tertiary/aromatic N) is 2. The number of nitro groups is 1. The minimum absolute atomic E-state index is 0.0314. The molecule has 4 aliphatic rings. The van der Waals surface area contributed by atoms with Crippen LogP contribution in [0.1, 0.15) is 233 Å². The SMILES string of the molecule is CC1=C(C)C2(CC3CCCCCCCCCC([N+](=O)[O-])CCCCCC13)N(C)C1CCCCCCCCCCCCCCCCCC1C2(C)C. The van der Waals surface area contributed by atoms with Gasteiger partial charge >= 0.3 is 0 Å². The van der Waals surface area contributed by atoms with E-state index in [-0.39, 0.29) is 21.9 Å². The fraction of sp³-hybridized carbons (Fsp3) is 0.957. The van der Waals surface area contributed by atoms with Crippen molar-refractivity contribution in [3.05, 3.63) is 21.3 Å². The Hall–Kier alpha value is -0.900. The average Bonchev–Trinajstić information content (AvgIpc) is 3.24. The molecule has 4 heteroatoms. The molecule has 4 rings (SSSR count). The van der Waals surface area contributed by atoms with Gasteiger partial charge in [-0.05, 0) is 89.0 Å². The summed E-state index contributed by atoms with van der Waals surface area (Å²) in [7, 11) is 2.57. The monoisotopic (exact) mass is 697 g/mol. The van der Waals surface area contributed by atoms with Gasteiger partial charge in [-0.25, -0.2) is 0 Å². The predicted molar refractivity (Wildman–Crippen MR) is 215 cm³/mol. The third-order valence-corrected chi connectivity index (χ3v) is 15.4. The lowest BCUT2D eigenvalue weighted by Crippen LogP contribution is -2.57. The zero-order valence-corrected chi connectivity index (χ0v) is 34.2. The summed E-state index contributed by atoms with van der Waals surface area (Å²) in [4.78, 5) is 14.8. The van der Waals surface area contributed by atoms with Crippen molar-refractivity contribution in [2.75, 3.05) is 7.05 Å². The Morgan fingerprint density at radius 2 is 0.940 bits per heavy atom. The highest BCUT2D eigenvalue weighted by Crippen LogP contribution is 2.63. The second kappa shape index (κ2) is 21.7. The number of likely N-dealkylation sites (N-methyl/N-ethyl adjacent to an activating group) is 1. The van der Waals surface area contributed by atoms with E-state index in [0.29, 0.717) is 12.0 Å². The van der Waals surface area contributed by atoms with Crippen molar-refractivity contribution in [2.45, 2.75) is 251 Å². The van der Waals surface area contributed by atoms with E-state index in [4.69, 9.17) is 0 Å². The summed E-state index contributed by atoms with van der Waals surface area (Å²) in [5.41, 5.74) is 3.89. The van der Waals surface area contributed by atoms with Gasteiger partial charge in [-0.1, -0.05) is 173 Å². The quantitative estimate of drug-likeness (QED) is 0.156. The summed E-state index contributed by atoms with van der Waals surface area (Å²) in [6.07, 6.45) is 42.3. The Morgan fingerprint density at radius 3 is 1.42 bits per heavy atom. The van der Waals surface area contributed by atoms with E-state index < -0.39 is 0 Å². The molecule has 1 heterocycles. The molecule has 1 spiro atoms. The number of rotatable bonds is 1. The van der Waals surface area contributed by atoms with Crippen LogP contribution in [-0.2, 0) is 0 Å². The van der Waals surface area contributed by atoms with Gasteiger partial charge in [0, 0.05) is 29.3 Å². The van der Waals surface area contributed by atoms with Gasteiger partial charge in [-0.15, -0.1) is 0 Å². The van der Waals surface area contributed by atoms with Crippen molar-refractivity contribution in [1.29, 1.82) is 0 Å². The Morgan fingerprint density at radius 1 is 0.560 bits per heavy atom. The Kier molecular flexibility index (Phi) is 18.2. The normalized spacial score (nSPS) is 35.2. The molecule has 3 aliphatic carbocycles. The van der Waals surface area contributed by atoms with Crippen molar-refractivity contribution in [3.8, 4) is 0 Å². The fourth-order valence-corrected chi connectivity index (χ4v) is 12.2. The van der Waals surface area contributed by atoms with Crippen LogP contribution in [0.4, 0.5) is 0 Å². The first-order chi connectivity index (χ1) is 24.2. The highest BCUT2D eigenvalue weighted by Gasteiger charge is 2.64. The first-order valence-corrected chi connectivity index (χ1v) is 22.8. The van der Waals surface area contributed by atoms with E-state index in [1.54, 1.807) is 11.1 Å². The van der Waals surface area contributed by atoms with Crippen LogP contribution in [0, 0.1) is 33.3 Å². The first kappa shape index (κ1) is 41.9. The summed E-state index contributed by atoms with van der Waals surface area (Å²) in [5, 5.41) is 11.8. The van der Waals surface area contributed by atoms with Crippen molar-refractivity contribution >= 4 is 0 Å². The van der Waals surface area contributed by atoms with Crippen molar-refractivity contribution in [3.63, 3.8) is 0 Å². The van der Waals surface area contributed by atoms with Crippen LogP contribution in [0.15, 0.2) is 11.1 Å². The third-order valence-electron chi connectivity index (χ3n) is 15.4. The minimum atomic E-state index is -0.321. The maximum atomic E-state index is 11.8. The molecule has 50 heavy (non-hydrogen) atoms. The molecule has 2 saturated carbocycles. The number of likely N-dealkylation sites (tertiary alicyclic amines) is 1. The number of hydrogen-bond acceptors (Lipinski definition) is 3. The first-order valence-electron chi connectivity index (χ1n) is 22.8. The molecule has 3 fully saturated rings. The van der Waals surface area contributed by atoms with Gasteiger partial charge in [0.05, 0.1) is 0 Å². The Labute approximate surface area is 311 Å². The van der Waals surface area contributed by atoms with Gasteiger partial charge < -0.3 is 0 Å². The van der Waals surface area contributed by atoms with Crippen LogP contribution in [0.2, 0.25) is 0 Å². The topological polar surface area (TPSA) is 46.4 Å². The van der Waals surface area contributed by atoms with E-state index in [9.17, 15) is 10.1 Å². The molecule has 0 aromatic carbocycles. The van der Waals surface area contributed by atoms with Crippen LogP contribution in [0.5, 0.6) is 0 Å². The molecule has 0 amide bonds. The molecule has 0 N–H and O–H groups in total. The van der Waals surface area contributed by atoms with Crippen LogP contribution in [-0.4, -0.2) is 34.5 Å². The summed E-state index contributed by atoms with van der Waals surface area (Å²) in [5.74, 6) is 2.23. The fourth-order valence-electron chi connectivity index (χ4n) is 12.2. The van der Waals surface area contributed by atoms with Crippen molar-refractivity contribution in [2.24, 2.45) is 23.2 Å².